The summed E-state index contributed by atoms with van der Waals surface area (Å²) in [6.45, 7) is 0. The molecule has 0 aliphatic heterocycles. The highest BCUT2D eigenvalue weighted by Gasteiger charge is 2.05. The number of hydrogen-bond acceptors (Lipinski definition) is 4. The Morgan fingerprint density at radius 2 is 1.47 bits per heavy atom. The number of methoxy groups -OCH3 is 1. The SMILES string of the molecule is COC(=O)CCCCCCC(=O)CCC(=O)O. The predicted octanol–water partition coefficient (Wildman–Crippen LogP) is 1.93. The van der Waals surface area contributed by atoms with Crippen LogP contribution in [0.2, 0.25) is 0 Å². The Bertz CT molecular complexity index is 260. The molecule has 17 heavy (non-hydrogen) atoms. The summed E-state index contributed by atoms with van der Waals surface area (Å²) in [5.74, 6) is -1.14. The van der Waals surface area contributed by atoms with Gasteiger partial charge in [0.05, 0.1) is 13.5 Å². The van der Waals surface area contributed by atoms with Crippen LogP contribution in [-0.2, 0) is 19.1 Å². The molecular formula is C12H20O5. The van der Waals surface area contributed by atoms with E-state index in [1.165, 1.54) is 7.11 Å². The summed E-state index contributed by atoms with van der Waals surface area (Å²) >= 11 is 0. The predicted molar refractivity (Wildman–Crippen MR) is 61.6 cm³/mol. The van der Waals surface area contributed by atoms with Crippen LogP contribution in [0.25, 0.3) is 0 Å². The molecule has 0 amide bonds. The number of unbranched alkanes of at least 4 members (excludes halogenated alkanes) is 3. The Hall–Kier alpha value is -1.39. The van der Waals surface area contributed by atoms with Crippen LogP contribution in [0, 0.1) is 0 Å². The summed E-state index contributed by atoms with van der Waals surface area (Å²) in [6, 6.07) is 0. The van der Waals surface area contributed by atoms with Gasteiger partial charge in [0, 0.05) is 19.3 Å². The average molecular weight is 244 g/mol. The first-order chi connectivity index (χ1) is 8.06. The topological polar surface area (TPSA) is 80.7 Å². The Kier molecular flexibility index (Phi) is 9.01. The molecular weight excluding hydrogens is 224 g/mol. The number of rotatable bonds is 10. The second kappa shape index (κ2) is 9.81. The molecule has 0 aromatic rings. The highest BCUT2D eigenvalue weighted by atomic mass is 16.5. The number of ketones is 1. The second-order valence-electron chi connectivity index (χ2n) is 3.92. The lowest BCUT2D eigenvalue weighted by Crippen LogP contribution is -2.03. The highest BCUT2D eigenvalue weighted by molar-refractivity contribution is 5.82. The van der Waals surface area contributed by atoms with Crippen LogP contribution in [0.1, 0.15) is 51.4 Å². The van der Waals surface area contributed by atoms with E-state index in [2.05, 4.69) is 4.74 Å². The van der Waals surface area contributed by atoms with Gasteiger partial charge in [-0.3, -0.25) is 14.4 Å². The van der Waals surface area contributed by atoms with E-state index in [1.807, 2.05) is 0 Å². The van der Waals surface area contributed by atoms with Crippen molar-refractivity contribution in [2.24, 2.45) is 0 Å². The number of esters is 1. The molecule has 0 unspecified atom stereocenters. The zero-order valence-corrected chi connectivity index (χ0v) is 10.2. The maximum atomic E-state index is 11.2. The van der Waals surface area contributed by atoms with Gasteiger partial charge in [-0.05, 0) is 12.8 Å². The molecule has 0 atom stereocenters. The van der Waals surface area contributed by atoms with Gasteiger partial charge in [0.2, 0.25) is 0 Å². The molecule has 0 aliphatic carbocycles. The lowest BCUT2D eigenvalue weighted by atomic mass is 10.1. The largest absolute Gasteiger partial charge is 0.481 e. The molecule has 0 saturated carbocycles. The monoisotopic (exact) mass is 244 g/mol. The lowest BCUT2D eigenvalue weighted by molar-refractivity contribution is -0.140. The van der Waals surface area contributed by atoms with E-state index in [0.717, 1.165) is 25.7 Å². The minimum Gasteiger partial charge on any atom is -0.481 e. The zero-order chi connectivity index (χ0) is 13.1. The minimum atomic E-state index is -0.934. The molecule has 1 N–H and O–H groups in total. The molecule has 0 aromatic carbocycles. The number of carbonyl (C=O) groups is 3. The van der Waals surface area contributed by atoms with E-state index >= 15 is 0 Å². The van der Waals surface area contributed by atoms with Crippen molar-refractivity contribution in [3.05, 3.63) is 0 Å². The number of Topliss-reactive ketones (excluding diaryl/α,β-unsaturated/α-hetero) is 1. The third kappa shape index (κ3) is 10.9. The summed E-state index contributed by atoms with van der Waals surface area (Å²) in [6.07, 6.45) is 4.21. The van der Waals surface area contributed by atoms with Gasteiger partial charge in [0.25, 0.3) is 0 Å². The van der Waals surface area contributed by atoms with E-state index in [9.17, 15) is 14.4 Å². The molecule has 0 bridgehead atoms. The van der Waals surface area contributed by atoms with Gasteiger partial charge in [-0.1, -0.05) is 12.8 Å². The van der Waals surface area contributed by atoms with Gasteiger partial charge in [-0.15, -0.1) is 0 Å². The smallest absolute Gasteiger partial charge is 0.305 e. The molecule has 0 radical (unpaired) electrons. The third-order valence-electron chi connectivity index (χ3n) is 2.43. The van der Waals surface area contributed by atoms with E-state index in [0.29, 0.717) is 12.8 Å². The van der Waals surface area contributed by atoms with E-state index in [-0.39, 0.29) is 24.6 Å². The molecule has 5 nitrogen and oxygen atoms in total. The second-order valence-corrected chi connectivity index (χ2v) is 3.92. The van der Waals surface area contributed by atoms with Crippen LogP contribution in [0.3, 0.4) is 0 Å². The Morgan fingerprint density at radius 1 is 0.882 bits per heavy atom. The van der Waals surface area contributed by atoms with Gasteiger partial charge in [0.1, 0.15) is 5.78 Å². The quantitative estimate of drug-likeness (QED) is 0.469. The van der Waals surface area contributed by atoms with Crippen molar-refractivity contribution >= 4 is 17.7 Å². The summed E-state index contributed by atoms with van der Waals surface area (Å²) in [5, 5.41) is 8.38. The van der Waals surface area contributed by atoms with E-state index in [1.54, 1.807) is 0 Å². The lowest BCUT2D eigenvalue weighted by Gasteiger charge is -2.01. The van der Waals surface area contributed by atoms with E-state index < -0.39 is 5.97 Å². The average Bonchev–Trinajstić information content (AvgIpc) is 2.30. The minimum absolute atomic E-state index is 0.000341. The first-order valence-corrected chi connectivity index (χ1v) is 5.86. The van der Waals surface area contributed by atoms with Crippen LogP contribution in [0.5, 0.6) is 0 Å². The molecule has 0 spiro atoms. The standard InChI is InChI=1S/C12H20O5/c1-17-12(16)7-5-3-2-4-6-10(13)8-9-11(14)15/h2-9H2,1H3,(H,14,15). The molecule has 0 aliphatic rings. The fourth-order valence-corrected chi connectivity index (χ4v) is 1.42. The van der Waals surface area contributed by atoms with Gasteiger partial charge in [-0.2, -0.15) is 0 Å². The summed E-state index contributed by atoms with van der Waals surface area (Å²) in [7, 11) is 1.36. The van der Waals surface area contributed by atoms with Gasteiger partial charge in [0.15, 0.2) is 0 Å². The number of aliphatic carboxylic acids is 1. The van der Waals surface area contributed by atoms with Crippen molar-refractivity contribution in [1.82, 2.24) is 0 Å². The van der Waals surface area contributed by atoms with Crippen molar-refractivity contribution in [2.75, 3.05) is 7.11 Å². The molecule has 98 valence electrons. The van der Waals surface area contributed by atoms with Crippen molar-refractivity contribution < 1.29 is 24.2 Å². The first-order valence-electron chi connectivity index (χ1n) is 5.86. The van der Waals surface area contributed by atoms with Crippen molar-refractivity contribution in [3.8, 4) is 0 Å². The number of carboxylic acids is 1. The third-order valence-corrected chi connectivity index (χ3v) is 2.43. The van der Waals surface area contributed by atoms with Crippen molar-refractivity contribution in [1.29, 1.82) is 0 Å². The molecule has 0 aromatic heterocycles. The highest BCUT2D eigenvalue weighted by Crippen LogP contribution is 2.08. The van der Waals surface area contributed by atoms with Crippen LogP contribution in [0.15, 0.2) is 0 Å². The van der Waals surface area contributed by atoms with Crippen LogP contribution in [-0.4, -0.2) is 29.9 Å². The Morgan fingerprint density at radius 3 is 2.00 bits per heavy atom. The van der Waals surface area contributed by atoms with Crippen LogP contribution >= 0.6 is 0 Å². The molecule has 0 fully saturated rings. The maximum absolute atomic E-state index is 11.2. The Balaban J connectivity index is 3.30. The van der Waals surface area contributed by atoms with Gasteiger partial charge < -0.3 is 9.84 Å². The van der Waals surface area contributed by atoms with E-state index in [4.69, 9.17) is 5.11 Å². The first kappa shape index (κ1) is 15.6. The molecule has 0 heterocycles. The zero-order valence-electron chi connectivity index (χ0n) is 10.2. The summed E-state index contributed by atoms with van der Waals surface area (Å²) < 4.78 is 4.50. The normalized spacial score (nSPS) is 9.94. The van der Waals surface area contributed by atoms with Gasteiger partial charge >= 0.3 is 11.9 Å². The van der Waals surface area contributed by atoms with Crippen molar-refractivity contribution in [2.45, 2.75) is 51.4 Å². The number of ether oxygens (including phenoxy) is 1. The fraction of sp³-hybridized carbons (Fsp3) is 0.750. The van der Waals surface area contributed by atoms with Crippen LogP contribution < -0.4 is 0 Å². The Labute approximate surface area is 101 Å². The van der Waals surface area contributed by atoms with Crippen LogP contribution in [0.4, 0.5) is 0 Å². The molecule has 0 saturated heterocycles. The summed E-state index contributed by atoms with van der Waals surface area (Å²) in [4.78, 5) is 32.2. The fourth-order valence-electron chi connectivity index (χ4n) is 1.42. The maximum Gasteiger partial charge on any atom is 0.305 e. The van der Waals surface area contributed by atoms with Gasteiger partial charge in [-0.25, -0.2) is 0 Å². The number of carbonyl (C=O) groups excluding carboxylic acids is 2. The molecule has 5 heteroatoms. The van der Waals surface area contributed by atoms with Crippen molar-refractivity contribution in [3.63, 3.8) is 0 Å². The number of hydrogen-bond donors (Lipinski definition) is 1. The number of carboxylic acid groups (broad SMARTS) is 1. The summed E-state index contributed by atoms with van der Waals surface area (Å²) in [5.41, 5.74) is 0. The molecule has 0 rings (SSSR count).